The van der Waals surface area contributed by atoms with E-state index in [-0.39, 0.29) is 25.3 Å². The van der Waals surface area contributed by atoms with Crippen molar-refractivity contribution in [2.24, 2.45) is 7.05 Å². The molecule has 0 atom stereocenters. The lowest BCUT2D eigenvalue weighted by molar-refractivity contribution is -1.09. The number of piperazine rings is 1. The van der Waals surface area contributed by atoms with E-state index in [9.17, 15) is 10.0 Å². The molecule has 1 N–H and O–H groups in total. The normalized spacial score (nSPS) is 17.4. The minimum atomic E-state index is -2.49. The largest absolute Gasteiger partial charge is 0.345 e. The molecule has 0 spiro atoms. The minimum Gasteiger partial charge on any atom is -0.345 e. The van der Waals surface area contributed by atoms with E-state index in [0.717, 1.165) is 22.0 Å². The number of likely N-dealkylation sites (N-methyl/N-ethyl adjacent to an activating group) is 1. The van der Waals surface area contributed by atoms with Gasteiger partial charge in [-0.1, -0.05) is 17.3 Å². The van der Waals surface area contributed by atoms with E-state index in [1.165, 1.54) is 0 Å². The number of carbonyl (C=O) groups is 1. The highest BCUT2D eigenvalue weighted by Crippen LogP contribution is 2.24. The predicted octanol–water partition coefficient (Wildman–Crippen LogP) is 2.51. The van der Waals surface area contributed by atoms with Crippen LogP contribution in [0.1, 0.15) is 20.2 Å². The lowest BCUT2D eigenvalue weighted by Crippen LogP contribution is -2.55. The molecule has 4 aromatic rings. The third-order valence-electron chi connectivity index (χ3n) is 5.89. The maximum Gasteiger partial charge on any atom is 0.169 e. The van der Waals surface area contributed by atoms with Crippen molar-refractivity contribution >= 4 is 22.4 Å². The number of pyridine rings is 2. The lowest BCUT2D eigenvalue weighted by atomic mass is 10.0. The Hall–Kier alpha value is -3.69. The van der Waals surface area contributed by atoms with Crippen LogP contribution in [-0.2, 0) is 13.5 Å². The van der Waals surface area contributed by atoms with Gasteiger partial charge < -0.3 is 4.90 Å². The molecule has 1 aliphatic rings. The highest BCUT2D eigenvalue weighted by molar-refractivity contribution is 5.98. The second kappa shape index (κ2) is 8.34. The summed E-state index contributed by atoms with van der Waals surface area (Å²) in [5.41, 5.74) is 2.86. The number of hydrogen-bond donors (Lipinski definition) is 1. The van der Waals surface area contributed by atoms with Gasteiger partial charge in [-0.25, -0.2) is 10.2 Å². The summed E-state index contributed by atoms with van der Waals surface area (Å²) in [5, 5.41) is 20.5. The van der Waals surface area contributed by atoms with Crippen LogP contribution in [0.3, 0.4) is 0 Å². The second-order valence-corrected chi connectivity index (χ2v) is 8.37. The SMILES string of the molecule is [2H]C([2H])([2H])[N+]1(O)CCN(c2cc(C(=O)Cc3cc4cc(-c5cn(C)nn5)ccc4cn3)ccn2)CC1. The van der Waals surface area contributed by atoms with Gasteiger partial charge in [0, 0.05) is 41.6 Å². The van der Waals surface area contributed by atoms with Gasteiger partial charge in [0.1, 0.15) is 24.6 Å². The third kappa shape index (κ3) is 4.59. The zero-order valence-electron chi connectivity index (χ0n) is 21.2. The van der Waals surface area contributed by atoms with Crippen molar-refractivity contribution in [3.05, 3.63) is 66.2 Å². The van der Waals surface area contributed by atoms with Gasteiger partial charge in [0.25, 0.3) is 0 Å². The van der Waals surface area contributed by atoms with Crippen LogP contribution < -0.4 is 4.90 Å². The van der Waals surface area contributed by atoms with E-state index in [4.69, 9.17) is 4.11 Å². The number of aromatic nitrogens is 5. The first kappa shape index (κ1) is 17.8. The summed E-state index contributed by atoms with van der Waals surface area (Å²) in [6.07, 6.45) is 5.31. The van der Waals surface area contributed by atoms with E-state index in [2.05, 4.69) is 20.3 Å². The lowest BCUT2D eigenvalue weighted by Gasteiger charge is -2.36. The molecule has 4 heterocycles. The number of nitrogens with zero attached hydrogens (tertiary/aromatic N) is 7. The van der Waals surface area contributed by atoms with Gasteiger partial charge in [-0.2, -0.15) is 4.65 Å². The molecule has 0 saturated carbocycles. The Bertz CT molecular complexity index is 1430. The number of ketones is 1. The van der Waals surface area contributed by atoms with Crippen LogP contribution in [0.25, 0.3) is 22.0 Å². The molecular weight excluding hydrogens is 418 g/mol. The zero-order valence-corrected chi connectivity index (χ0v) is 18.2. The average molecular weight is 448 g/mol. The van der Waals surface area contributed by atoms with Crippen molar-refractivity contribution in [1.29, 1.82) is 0 Å². The molecule has 5 rings (SSSR count). The Morgan fingerprint density at radius 3 is 2.76 bits per heavy atom. The van der Waals surface area contributed by atoms with Crippen molar-refractivity contribution in [2.45, 2.75) is 6.42 Å². The number of hydrogen-bond acceptors (Lipinski definition) is 7. The summed E-state index contributed by atoms with van der Waals surface area (Å²) in [6, 6.07) is 11.2. The van der Waals surface area contributed by atoms with Crippen molar-refractivity contribution < 1.29 is 18.8 Å². The number of hydroxylamine groups is 3. The molecule has 1 aromatic carbocycles. The van der Waals surface area contributed by atoms with E-state index in [0.29, 0.717) is 30.2 Å². The van der Waals surface area contributed by atoms with Crippen LogP contribution in [0.4, 0.5) is 5.82 Å². The topological polar surface area (TPSA) is 97.0 Å². The minimum absolute atomic E-state index is 0.0495. The first-order valence-electron chi connectivity index (χ1n) is 12.2. The van der Waals surface area contributed by atoms with Crippen LogP contribution in [0.5, 0.6) is 0 Å². The van der Waals surface area contributed by atoms with Crippen molar-refractivity contribution in [2.75, 3.05) is 38.1 Å². The van der Waals surface area contributed by atoms with E-state index >= 15 is 0 Å². The van der Waals surface area contributed by atoms with Crippen LogP contribution >= 0.6 is 0 Å². The Morgan fingerprint density at radius 1 is 1.15 bits per heavy atom. The summed E-state index contributed by atoms with van der Waals surface area (Å²) in [6.45, 7) is -1.75. The molecule has 0 unspecified atom stereocenters. The first-order valence-corrected chi connectivity index (χ1v) is 10.7. The van der Waals surface area contributed by atoms with E-state index in [1.807, 2.05) is 42.4 Å². The van der Waals surface area contributed by atoms with E-state index in [1.54, 1.807) is 29.2 Å². The fourth-order valence-electron chi connectivity index (χ4n) is 3.98. The number of benzene rings is 1. The summed E-state index contributed by atoms with van der Waals surface area (Å²) in [5.74, 6) is 0.486. The second-order valence-electron chi connectivity index (χ2n) is 8.37. The predicted molar refractivity (Wildman–Crippen MR) is 124 cm³/mol. The number of aryl methyl sites for hydroxylation is 1. The zero-order chi connectivity index (χ0) is 25.5. The molecule has 9 nitrogen and oxygen atoms in total. The van der Waals surface area contributed by atoms with Gasteiger partial charge in [0.2, 0.25) is 0 Å². The monoisotopic (exact) mass is 447 g/mol. The van der Waals surface area contributed by atoms with Crippen molar-refractivity contribution in [1.82, 2.24) is 25.0 Å². The Kier molecular flexibility index (Phi) is 4.50. The van der Waals surface area contributed by atoms with Gasteiger partial charge in [-0.05, 0) is 29.7 Å². The molecule has 168 valence electrons. The smallest absolute Gasteiger partial charge is 0.169 e. The molecule has 9 heteroatoms. The van der Waals surface area contributed by atoms with Gasteiger partial charge in [-0.3, -0.25) is 14.5 Å². The molecule has 0 amide bonds. The average Bonchev–Trinajstić information content (AvgIpc) is 3.30. The number of quaternary nitrogens is 1. The fraction of sp³-hybridized carbons (Fsp3) is 0.292. The number of anilines is 1. The van der Waals surface area contributed by atoms with Crippen LogP contribution in [0.2, 0.25) is 0 Å². The highest BCUT2D eigenvalue weighted by Gasteiger charge is 2.28. The standard InChI is InChI=1S/C24H26N7O2/c1-29-16-22(27-28-29)17-3-4-19-15-26-21(12-20(19)11-17)14-23(32)18-5-6-25-24(13-18)30-7-9-31(2,33)10-8-30/h3-6,11-13,15-16,33H,7-10,14H2,1-2H3/q+1/i2D3. The Morgan fingerprint density at radius 2 is 2.00 bits per heavy atom. The van der Waals surface area contributed by atoms with Gasteiger partial charge in [-0.15, -0.1) is 5.10 Å². The van der Waals surface area contributed by atoms with Crippen LogP contribution in [0, 0.1) is 0 Å². The van der Waals surface area contributed by atoms with Gasteiger partial charge in [0.15, 0.2) is 5.78 Å². The summed E-state index contributed by atoms with van der Waals surface area (Å²) in [4.78, 5) is 23.8. The van der Waals surface area contributed by atoms with Crippen molar-refractivity contribution in [3.8, 4) is 11.3 Å². The van der Waals surface area contributed by atoms with Gasteiger partial charge in [0.05, 0.1) is 36.8 Å². The number of carbonyl (C=O) groups excluding carboxylic acids is 1. The Balaban J connectivity index is 1.31. The highest BCUT2D eigenvalue weighted by atomic mass is 16.5. The third-order valence-corrected chi connectivity index (χ3v) is 5.89. The van der Waals surface area contributed by atoms with Gasteiger partial charge >= 0.3 is 0 Å². The molecule has 0 bridgehead atoms. The number of rotatable bonds is 5. The maximum absolute atomic E-state index is 13.1. The van der Waals surface area contributed by atoms with Crippen LogP contribution in [0.15, 0.2) is 55.0 Å². The molecule has 33 heavy (non-hydrogen) atoms. The summed E-state index contributed by atoms with van der Waals surface area (Å²) < 4.78 is 23.4. The maximum atomic E-state index is 13.1. The molecule has 0 radical (unpaired) electrons. The molecule has 1 aliphatic heterocycles. The Labute approximate surface area is 195 Å². The quantitative estimate of drug-likeness (QED) is 0.371. The first-order chi connectivity index (χ1) is 17.1. The molecule has 1 saturated heterocycles. The number of fused-ring (bicyclic) bond motifs is 1. The molecule has 1 fully saturated rings. The van der Waals surface area contributed by atoms with E-state index < -0.39 is 11.6 Å². The summed E-state index contributed by atoms with van der Waals surface area (Å²) >= 11 is 0. The fourth-order valence-corrected chi connectivity index (χ4v) is 3.98. The molecule has 0 aliphatic carbocycles. The van der Waals surface area contributed by atoms with Crippen molar-refractivity contribution in [3.63, 3.8) is 0 Å². The molecular formula is C24H26N7O2+. The molecule has 3 aromatic heterocycles. The summed E-state index contributed by atoms with van der Waals surface area (Å²) in [7, 11) is 1.82. The van der Waals surface area contributed by atoms with Crippen LogP contribution in [-0.4, -0.2) is 73.8 Å². The number of Topliss-reactive ketones (excluding diaryl/α,β-unsaturated/α-hetero) is 1.